The van der Waals surface area contributed by atoms with Gasteiger partial charge < -0.3 is 10.4 Å². The van der Waals surface area contributed by atoms with Gasteiger partial charge in [-0.3, -0.25) is 4.79 Å². The van der Waals surface area contributed by atoms with Gasteiger partial charge in [0.1, 0.15) is 11.0 Å². The van der Waals surface area contributed by atoms with Gasteiger partial charge in [0.25, 0.3) is 5.91 Å². The number of amides is 1. The summed E-state index contributed by atoms with van der Waals surface area (Å²) in [7, 11) is 0. The summed E-state index contributed by atoms with van der Waals surface area (Å²) in [6.45, 7) is -1.20. The number of carbonyl (C=O) groups excluding carboxylic acids is 1. The van der Waals surface area contributed by atoms with Crippen molar-refractivity contribution in [3.05, 3.63) is 20.3 Å². The Morgan fingerprint density at radius 1 is 1.56 bits per heavy atom. The topological polar surface area (TPSA) is 66.4 Å². The van der Waals surface area contributed by atoms with E-state index in [4.69, 9.17) is 28.3 Å². The molecular weight excluding hydrogens is 280 g/mol. The number of carboxylic acid groups (broad SMARTS) is 1. The van der Waals surface area contributed by atoms with Crippen LogP contribution >= 0.6 is 34.5 Å². The first-order valence-electron chi connectivity index (χ1n) is 4.00. The Labute approximate surface area is 104 Å². The second-order valence-electron chi connectivity index (χ2n) is 2.76. The summed E-state index contributed by atoms with van der Waals surface area (Å²) in [5.41, 5.74) is 0.0383. The van der Waals surface area contributed by atoms with E-state index in [1.54, 1.807) is 0 Å². The lowest BCUT2D eigenvalue weighted by molar-refractivity contribution is -0.139. The lowest BCUT2D eigenvalue weighted by atomic mass is 10.2. The zero-order valence-electron chi connectivity index (χ0n) is 7.67. The third kappa shape index (κ3) is 3.07. The zero-order chi connectivity index (χ0) is 12.3. The van der Waals surface area contributed by atoms with Crippen molar-refractivity contribution in [2.75, 3.05) is 6.67 Å². The molecule has 0 fully saturated rings. The van der Waals surface area contributed by atoms with Gasteiger partial charge in [0.2, 0.25) is 0 Å². The Morgan fingerprint density at radius 3 is 2.56 bits per heavy atom. The number of carboxylic acids is 1. The summed E-state index contributed by atoms with van der Waals surface area (Å²) in [4.78, 5) is 22.0. The summed E-state index contributed by atoms with van der Waals surface area (Å²) in [6.07, 6.45) is 0. The average Bonchev–Trinajstić information content (AvgIpc) is 2.53. The first-order chi connectivity index (χ1) is 7.45. The van der Waals surface area contributed by atoms with Crippen molar-refractivity contribution in [1.29, 1.82) is 0 Å². The van der Waals surface area contributed by atoms with Gasteiger partial charge in [-0.2, -0.15) is 0 Å². The molecule has 1 unspecified atom stereocenters. The monoisotopic (exact) mass is 285 g/mol. The highest BCUT2D eigenvalue weighted by atomic mass is 35.5. The lowest BCUT2D eigenvalue weighted by Gasteiger charge is -2.09. The van der Waals surface area contributed by atoms with Crippen molar-refractivity contribution in [2.45, 2.75) is 6.04 Å². The fourth-order valence-electron chi connectivity index (χ4n) is 0.897. The molecule has 0 saturated carbocycles. The maximum Gasteiger partial charge on any atom is 0.328 e. The number of hydrogen-bond donors (Lipinski definition) is 2. The molecule has 0 aliphatic heterocycles. The highest BCUT2D eigenvalue weighted by molar-refractivity contribution is 7.20. The molecular formula is C8H6Cl2FNO3S. The maximum absolute atomic E-state index is 12.2. The first kappa shape index (κ1) is 13.2. The minimum absolute atomic E-state index is 0.0383. The SMILES string of the molecule is O=C(NC(CF)C(=O)O)c1cc(Cl)sc1Cl. The molecule has 2 N–H and O–H groups in total. The van der Waals surface area contributed by atoms with Crippen LogP contribution in [0.15, 0.2) is 6.07 Å². The molecule has 1 rings (SSSR count). The molecule has 1 atom stereocenters. The van der Waals surface area contributed by atoms with Crippen molar-refractivity contribution >= 4 is 46.4 Å². The molecule has 8 heteroatoms. The summed E-state index contributed by atoms with van der Waals surface area (Å²) < 4.78 is 12.7. The van der Waals surface area contributed by atoms with Crippen LogP contribution in [0.5, 0.6) is 0 Å². The second kappa shape index (κ2) is 5.47. The van der Waals surface area contributed by atoms with Crippen molar-refractivity contribution < 1.29 is 19.1 Å². The van der Waals surface area contributed by atoms with Gasteiger partial charge in [-0.15, -0.1) is 11.3 Å². The van der Waals surface area contributed by atoms with E-state index in [1.165, 1.54) is 6.07 Å². The minimum Gasteiger partial charge on any atom is -0.480 e. The number of alkyl halides is 1. The maximum atomic E-state index is 12.2. The van der Waals surface area contributed by atoms with Gasteiger partial charge in [0.05, 0.1) is 9.90 Å². The number of aliphatic carboxylic acids is 1. The predicted molar refractivity (Wildman–Crippen MR) is 59.2 cm³/mol. The lowest BCUT2D eigenvalue weighted by Crippen LogP contribution is -2.42. The van der Waals surface area contributed by atoms with Crippen LogP contribution < -0.4 is 5.32 Å². The summed E-state index contributed by atoms with van der Waals surface area (Å²) in [5.74, 6) is -2.22. The fraction of sp³-hybridized carbons (Fsp3) is 0.250. The van der Waals surface area contributed by atoms with Gasteiger partial charge in [0.15, 0.2) is 6.04 Å². The van der Waals surface area contributed by atoms with E-state index in [0.29, 0.717) is 4.34 Å². The Bertz CT molecular complexity index is 423. The van der Waals surface area contributed by atoms with E-state index in [1.807, 2.05) is 5.32 Å². The molecule has 0 bridgehead atoms. The summed E-state index contributed by atoms with van der Waals surface area (Å²) in [6, 6.07) is -0.289. The van der Waals surface area contributed by atoms with Crippen molar-refractivity contribution in [2.24, 2.45) is 0 Å². The van der Waals surface area contributed by atoms with Gasteiger partial charge in [-0.25, -0.2) is 9.18 Å². The molecule has 0 aromatic carbocycles. The smallest absolute Gasteiger partial charge is 0.328 e. The quantitative estimate of drug-likeness (QED) is 0.891. The van der Waals surface area contributed by atoms with Gasteiger partial charge in [0, 0.05) is 0 Å². The molecule has 88 valence electrons. The standard InChI is InChI=1S/C8H6Cl2FNO3S/c9-5-1-3(6(10)16-5)7(13)12-4(2-11)8(14)15/h1,4H,2H2,(H,12,13)(H,14,15). The average molecular weight is 286 g/mol. The van der Waals surface area contributed by atoms with E-state index < -0.39 is 24.6 Å². The fourth-order valence-corrected chi connectivity index (χ4v) is 2.36. The minimum atomic E-state index is -1.58. The molecule has 1 amide bonds. The Kier molecular flexibility index (Phi) is 4.52. The second-order valence-corrected chi connectivity index (χ2v) is 5.04. The molecule has 0 saturated heterocycles. The number of halogens is 3. The van der Waals surface area contributed by atoms with E-state index in [-0.39, 0.29) is 9.90 Å². The molecule has 4 nitrogen and oxygen atoms in total. The molecule has 1 aromatic rings. The van der Waals surface area contributed by atoms with Crippen LogP contribution in [-0.4, -0.2) is 29.7 Å². The van der Waals surface area contributed by atoms with E-state index in [0.717, 1.165) is 11.3 Å². The number of rotatable bonds is 4. The number of hydrogen-bond acceptors (Lipinski definition) is 3. The van der Waals surface area contributed by atoms with Gasteiger partial charge >= 0.3 is 5.97 Å². The zero-order valence-corrected chi connectivity index (χ0v) is 10.00. The molecule has 0 spiro atoms. The summed E-state index contributed by atoms with van der Waals surface area (Å²) >= 11 is 12.3. The highest BCUT2D eigenvalue weighted by Crippen LogP contribution is 2.30. The third-order valence-electron chi connectivity index (χ3n) is 1.66. The van der Waals surface area contributed by atoms with Crippen molar-refractivity contribution in [3.63, 3.8) is 0 Å². The van der Waals surface area contributed by atoms with Crippen LogP contribution in [0.2, 0.25) is 8.67 Å². The number of carbonyl (C=O) groups is 2. The number of thiophene rings is 1. The number of nitrogens with one attached hydrogen (secondary N) is 1. The van der Waals surface area contributed by atoms with Crippen LogP contribution in [0, 0.1) is 0 Å². The Morgan fingerprint density at radius 2 is 2.19 bits per heavy atom. The molecule has 0 aliphatic carbocycles. The largest absolute Gasteiger partial charge is 0.480 e. The Hall–Kier alpha value is -0.850. The van der Waals surface area contributed by atoms with E-state index in [2.05, 4.69) is 0 Å². The Balaban J connectivity index is 2.79. The van der Waals surface area contributed by atoms with E-state index in [9.17, 15) is 14.0 Å². The molecule has 0 radical (unpaired) electrons. The molecule has 1 heterocycles. The normalized spacial score (nSPS) is 12.2. The first-order valence-corrected chi connectivity index (χ1v) is 5.57. The third-order valence-corrected chi connectivity index (χ3v) is 3.15. The van der Waals surface area contributed by atoms with Crippen molar-refractivity contribution in [1.82, 2.24) is 5.32 Å². The van der Waals surface area contributed by atoms with Gasteiger partial charge in [-0.05, 0) is 6.07 Å². The molecule has 16 heavy (non-hydrogen) atoms. The van der Waals surface area contributed by atoms with Crippen LogP contribution in [-0.2, 0) is 4.79 Å². The van der Waals surface area contributed by atoms with Crippen LogP contribution in [0.1, 0.15) is 10.4 Å². The van der Waals surface area contributed by atoms with Crippen LogP contribution in [0.4, 0.5) is 4.39 Å². The van der Waals surface area contributed by atoms with Crippen LogP contribution in [0.25, 0.3) is 0 Å². The van der Waals surface area contributed by atoms with Crippen LogP contribution in [0.3, 0.4) is 0 Å². The highest BCUT2D eigenvalue weighted by Gasteiger charge is 2.22. The van der Waals surface area contributed by atoms with Gasteiger partial charge in [-0.1, -0.05) is 23.2 Å². The van der Waals surface area contributed by atoms with Crippen molar-refractivity contribution in [3.8, 4) is 0 Å². The molecule has 0 aliphatic rings. The molecule has 1 aromatic heterocycles. The summed E-state index contributed by atoms with van der Waals surface area (Å²) in [5, 5.41) is 10.5. The van der Waals surface area contributed by atoms with E-state index >= 15 is 0 Å². The predicted octanol–water partition coefficient (Wildman–Crippen LogP) is 2.21.